The Bertz CT molecular complexity index is 759. The second-order valence-corrected chi connectivity index (χ2v) is 5.84. The minimum absolute atomic E-state index is 0.0382. The van der Waals surface area contributed by atoms with E-state index in [-0.39, 0.29) is 11.9 Å². The van der Waals surface area contributed by atoms with E-state index in [1.165, 1.54) is 6.33 Å². The van der Waals surface area contributed by atoms with Gasteiger partial charge in [0.2, 0.25) is 5.91 Å². The zero-order valence-corrected chi connectivity index (χ0v) is 14.0. The molecule has 0 saturated carbocycles. The summed E-state index contributed by atoms with van der Waals surface area (Å²) in [5, 5.41) is 7.27. The number of carbonyl (C=O) groups excluding carboxylic acids is 1. The van der Waals surface area contributed by atoms with Gasteiger partial charge in [-0.2, -0.15) is 5.10 Å². The lowest BCUT2D eigenvalue weighted by atomic mass is 10.0. The average Bonchev–Trinajstić information content (AvgIpc) is 3.18. The van der Waals surface area contributed by atoms with Gasteiger partial charge in [-0.3, -0.25) is 14.5 Å². The van der Waals surface area contributed by atoms with Crippen LogP contribution in [0.2, 0.25) is 0 Å². The van der Waals surface area contributed by atoms with Gasteiger partial charge in [-0.1, -0.05) is 36.4 Å². The van der Waals surface area contributed by atoms with Crippen LogP contribution < -0.4 is 5.32 Å². The number of nitrogens with one attached hydrogen (secondary N) is 1. The number of rotatable bonds is 8. The molecule has 0 unspecified atom stereocenters. The van der Waals surface area contributed by atoms with E-state index in [0.29, 0.717) is 19.4 Å². The third-order valence-electron chi connectivity index (χ3n) is 4.01. The Hall–Kier alpha value is -3.02. The fourth-order valence-corrected chi connectivity index (χ4v) is 2.69. The topological polar surface area (TPSA) is 72.7 Å². The first-order chi connectivity index (χ1) is 12.3. The zero-order valence-electron chi connectivity index (χ0n) is 14.0. The Morgan fingerprint density at radius 2 is 2.00 bits per heavy atom. The van der Waals surface area contributed by atoms with Crippen LogP contribution in [-0.4, -0.2) is 25.7 Å². The molecule has 3 rings (SSSR count). The van der Waals surface area contributed by atoms with Gasteiger partial charge in [0, 0.05) is 25.4 Å². The Morgan fingerprint density at radius 1 is 1.12 bits per heavy atom. The van der Waals surface area contributed by atoms with Crippen LogP contribution in [0.25, 0.3) is 0 Å². The van der Waals surface area contributed by atoms with E-state index in [1.54, 1.807) is 23.4 Å². The number of carbonyl (C=O) groups is 1. The molecule has 1 amide bonds. The predicted octanol–water partition coefficient (Wildman–Crippen LogP) is 2.55. The van der Waals surface area contributed by atoms with Crippen LogP contribution in [0, 0.1) is 0 Å². The van der Waals surface area contributed by atoms with E-state index in [9.17, 15) is 4.79 Å². The molecule has 1 N–H and O–H groups in total. The number of hydrogen-bond acceptors (Lipinski definition) is 4. The molecule has 2 heterocycles. The molecule has 0 saturated heterocycles. The van der Waals surface area contributed by atoms with Crippen molar-refractivity contribution in [2.75, 3.05) is 0 Å². The molecule has 1 atom stereocenters. The monoisotopic (exact) mass is 335 g/mol. The van der Waals surface area contributed by atoms with Gasteiger partial charge in [-0.15, -0.1) is 0 Å². The maximum absolute atomic E-state index is 12.4. The largest absolute Gasteiger partial charge is 0.349 e. The number of benzene rings is 1. The molecule has 0 aliphatic rings. The summed E-state index contributed by atoms with van der Waals surface area (Å²) < 4.78 is 1.78. The average molecular weight is 335 g/mol. The van der Waals surface area contributed by atoms with Gasteiger partial charge >= 0.3 is 0 Å². The van der Waals surface area contributed by atoms with E-state index >= 15 is 0 Å². The number of nitrogens with zero attached hydrogens (tertiary/aromatic N) is 4. The molecule has 128 valence electrons. The maximum Gasteiger partial charge on any atom is 0.220 e. The van der Waals surface area contributed by atoms with E-state index < -0.39 is 0 Å². The molecule has 0 spiro atoms. The van der Waals surface area contributed by atoms with Crippen molar-refractivity contribution in [1.82, 2.24) is 25.1 Å². The summed E-state index contributed by atoms with van der Waals surface area (Å²) in [6.45, 7) is 0.697. The number of aryl methyl sites for hydroxylation is 2. The lowest BCUT2D eigenvalue weighted by Crippen LogP contribution is -2.29. The zero-order chi connectivity index (χ0) is 17.3. The van der Waals surface area contributed by atoms with Crippen LogP contribution in [0.4, 0.5) is 0 Å². The second-order valence-electron chi connectivity index (χ2n) is 5.84. The SMILES string of the molecule is O=C(CCc1cccnc1)N[C@H](CCn1cncn1)c1ccccc1. The van der Waals surface area contributed by atoms with Crippen LogP contribution in [0.5, 0.6) is 0 Å². The van der Waals surface area contributed by atoms with Gasteiger partial charge in [0.25, 0.3) is 0 Å². The van der Waals surface area contributed by atoms with Gasteiger partial charge < -0.3 is 5.32 Å². The smallest absolute Gasteiger partial charge is 0.220 e. The highest BCUT2D eigenvalue weighted by Crippen LogP contribution is 2.17. The molecule has 1 aromatic carbocycles. The lowest BCUT2D eigenvalue weighted by Gasteiger charge is -2.19. The Morgan fingerprint density at radius 3 is 2.72 bits per heavy atom. The summed E-state index contributed by atoms with van der Waals surface area (Å²) in [6.07, 6.45) is 8.62. The molecule has 0 aliphatic heterocycles. The molecule has 6 nitrogen and oxygen atoms in total. The molecule has 0 fully saturated rings. The summed E-state index contributed by atoms with van der Waals surface area (Å²) in [5.74, 6) is 0.0382. The number of aromatic nitrogens is 4. The highest BCUT2D eigenvalue weighted by molar-refractivity contribution is 5.76. The Kier molecular flexibility index (Phi) is 5.87. The quantitative estimate of drug-likeness (QED) is 0.687. The van der Waals surface area contributed by atoms with Gasteiger partial charge in [-0.05, 0) is 30.0 Å². The van der Waals surface area contributed by atoms with Crippen molar-refractivity contribution < 1.29 is 4.79 Å². The molecular weight excluding hydrogens is 314 g/mol. The first-order valence-electron chi connectivity index (χ1n) is 8.37. The minimum Gasteiger partial charge on any atom is -0.349 e. The Labute approximate surface area is 146 Å². The summed E-state index contributed by atoms with van der Waals surface area (Å²) in [6, 6.07) is 13.8. The first-order valence-corrected chi connectivity index (χ1v) is 8.37. The van der Waals surface area contributed by atoms with Crippen molar-refractivity contribution in [3.05, 3.63) is 78.6 Å². The van der Waals surface area contributed by atoms with Crippen LogP contribution >= 0.6 is 0 Å². The van der Waals surface area contributed by atoms with Crippen LogP contribution in [0.3, 0.4) is 0 Å². The first kappa shape index (κ1) is 16.8. The van der Waals surface area contributed by atoms with E-state index in [1.807, 2.05) is 42.5 Å². The highest BCUT2D eigenvalue weighted by atomic mass is 16.1. The second kappa shape index (κ2) is 8.73. The van der Waals surface area contributed by atoms with E-state index in [2.05, 4.69) is 20.4 Å². The molecule has 3 aromatic rings. The predicted molar refractivity (Wildman–Crippen MR) is 94.5 cm³/mol. The summed E-state index contributed by atoms with van der Waals surface area (Å²) >= 11 is 0. The maximum atomic E-state index is 12.4. The van der Waals surface area contributed by atoms with Crippen LogP contribution in [-0.2, 0) is 17.8 Å². The van der Waals surface area contributed by atoms with Gasteiger partial charge in [0.1, 0.15) is 12.7 Å². The van der Waals surface area contributed by atoms with Crippen LogP contribution in [0.15, 0.2) is 67.5 Å². The summed E-state index contributed by atoms with van der Waals surface area (Å²) in [5.41, 5.74) is 2.16. The van der Waals surface area contributed by atoms with Crippen molar-refractivity contribution in [3.8, 4) is 0 Å². The molecule has 25 heavy (non-hydrogen) atoms. The number of amides is 1. The van der Waals surface area contributed by atoms with Crippen molar-refractivity contribution in [2.24, 2.45) is 0 Å². The van der Waals surface area contributed by atoms with Crippen LogP contribution in [0.1, 0.15) is 30.0 Å². The molecular formula is C19H21N5O. The fraction of sp³-hybridized carbons (Fsp3) is 0.263. The minimum atomic E-state index is -0.0493. The molecule has 0 bridgehead atoms. The molecule has 0 radical (unpaired) electrons. The summed E-state index contributed by atoms with van der Waals surface area (Å²) in [7, 11) is 0. The third-order valence-corrected chi connectivity index (χ3v) is 4.01. The molecule has 2 aromatic heterocycles. The summed E-state index contributed by atoms with van der Waals surface area (Å²) in [4.78, 5) is 20.4. The number of pyridine rings is 1. The van der Waals surface area contributed by atoms with E-state index in [4.69, 9.17) is 0 Å². The lowest BCUT2D eigenvalue weighted by molar-refractivity contribution is -0.121. The number of hydrogen-bond donors (Lipinski definition) is 1. The third kappa shape index (κ3) is 5.24. The van der Waals surface area contributed by atoms with Crippen molar-refractivity contribution in [3.63, 3.8) is 0 Å². The normalized spacial score (nSPS) is 11.8. The Balaban J connectivity index is 1.59. The highest BCUT2D eigenvalue weighted by Gasteiger charge is 2.14. The van der Waals surface area contributed by atoms with Gasteiger partial charge in [0.05, 0.1) is 6.04 Å². The fourth-order valence-electron chi connectivity index (χ4n) is 2.69. The van der Waals surface area contributed by atoms with Crippen molar-refractivity contribution in [1.29, 1.82) is 0 Å². The van der Waals surface area contributed by atoms with Crippen molar-refractivity contribution in [2.45, 2.75) is 31.8 Å². The van der Waals surface area contributed by atoms with Gasteiger partial charge in [-0.25, -0.2) is 4.98 Å². The molecule has 6 heteroatoms. The molecule has 0 aliphatic carbocycles. The standard InChI is InChI=1S/C19H21N5O/c25-19(9-8-16-5-4-11-20-13-16)23-18(17-6-2-1-3-7-17)10-12-24-15-21-14-22-24/h1-7,11,13-15,18H,8-10,12H2,(H,23,25)/t18-/m1/s1. The van der Waals surface area contributed by atoms with E-state index in [0.717, 1.165) is 17.5 Å². The van der Waals surface area contributed by atoms with Gasteiger partial charge in [0.15, 0.2) is 0 Å². The van der Waals surface area contributed by atoms with Crippen molar-refractivity contribution >= 4 is 5.91 Å².